The lowest BCUT2D eigenvalue weighted by molar-refractivity contribution is -0.0883. The molecule has 1 aromatic rings. The smallest absolute Gasteiger partial charge is 0.115 e. The maximum atomic E-state index is 5.66. The molecule has 0 unspecified atom stereocenters. The monoisotopic (exact) mass is 207 g/mol. The molecule has 1 aliphatic heterocycles. The second-order valence-electron chi connectivity index (χ2n) is 4.57. The van der Waals surface area contributed by atoms with E-state index in [9.17, 15) is 0 Å². The van der Waals surface area contributed by atoms with Gasteiger partial charge in [0.25, 0.3) is 0 Å². The fourth-order valence-corrected chi connectivity index (χ4v) is 1.92. The lowest BCUT2D eigenvalue weighted by atomic mass is 10.1. The molecule has 1 aliphatic rings. The Bertz CT molecular complexity index is 313. The highest BCUT2D eigenvalue weighted by Crippen LogP contribution is 2.17. The van der Waals surface area contributed by atoms with Gasteiger partial charge >= 0.3 is 0 Å². The van der Waals surface area contributed by atoms with Gasteiger partial charge in [0, 0.05) is 37.6 Å². The Morgan fingerprint density at radius 1 is 1.40 bits per heavy atom. The minimum Gasteiger partial charge on any atom is -0.373 e. The number of nitrogens with zero attached hydrogens (tertiary/aromatic N) is 3. The third kappa shape index (κ3) is 2.97. The molecule has 4 nitrogen and oxygen atoms in total. The largest absolute Gasteiger partial charge is 0.373 e. The van der Waals surface area contributed by atoms with Crippen LogP contribution < -0.4 is 0 Å². The Hall–Kier alpha value is -1.00. The lowest BCUT2D eigenvalue weighted by Crippen LogP contribution is -2.47. The highest BCUT2D eigenvalue weighted by atomic mass is 16.5. The van der Waals surface area contributed by atoms with Gasteiger partial charge in [-0.3, -0.25) is 4.90 Å². The van der Waals surface area contributed by atoms with E-state index in [1.165, 1.54) is 0 Å². The molecular weight excluding hydrogens is 190 g/mol. The molecule has 1 fully saturated rings. The van der Waals surface area contributed by atoms with Gasteiger partial charge in [0.1, 0.15) is 6.33 Å². The van der Waals surface area contributed by atoms with Crippen molar-refractivity contribution < 1.29 is 4.74 Å². The van der Waals surface area contributed by atoms with Crippen molar-refractivity contribution in [3.8, 4) is 0 Å². The van der Waals surface area contributed by atoms with Gasteiger partial charge in [-0.05, 0) is 13.8 Å². The summed E-state index contributed by atoms with van der Waals surface area (Å²) in [6, 6.07) is 0. The van der Waals surface area contributed by atoms with Gasteiger partial charge in [-0.25, -0.2) is 9.97 Å². The predicted octanol–water partition coefficient (Wildman–Crippen LogP) is 1.09. The molecule has 0 N–H and O–H groups in total. The van der Waals surface area contributed by atoms with Gasteiger partial charge in [-0.1, -0.05) is 0 Å². The van der Waals surface area contributed by atoms with Crippen molar-refractivity contribution in [1.82, 2.24) is 14.9 Å². The zero-order valence-electron chi connectivity index (χ0n) is 9.31. The average Bonchev–Trinajstić information content (AvgIpc) is 2.17. The van der Waals surface area contributed by atoms with Crippen LogP contribution >= 0.6 is 0 Å². The van der Waals surface area contributed by atoms with Crippen LogP contribution in [0.3, 0.4) is 0 Å². The maximum Gasteiger partial charge on any atom is 0.115 e. The van der Waals surface area contributed by atoms with Crippen LogP contribution in [0, 0.1) is 0 Å². The minimum absolute atomic E-state index is 0.0338. The normalized spacial score (nSPS) is 21.5. The molecule has 82 valence electrons. The molecule has 0 amide bonds. The molecule has 4 heteroatoms. The van der Waals surface area contributed by atoms with Crippen molar-refractivity contribution in [2.45, 2.75) is 26.0 Å². The average molecular weight is 207 g/mol. The summed E-state index contributed by atoms with van der Waals surface area (Å²) in [4.78, 5) is 10.4. The van der Waals surface area contributed by atoms with Crippen molar-refractivity contribution in [3.05, 3.63) is 24.3 Å². The first-order chi connectivity index (χ1) is 7.16. The third-order valence-corrected chi connectivity index (χ3v) is 2.52. The molecule has 2 heterocycles. The minimum atomic E-state index is -0.0338. The van der Waals surface area contributed by atoms with Crippen LogP contribution in [0.25, 0.3) is 0 Å². The van der Waals surface area contributed by atoms with E-state index in [0.717, 1.165) is 31.8 Å². The summed E-state index contributed by atoms with van der Waals surface area (Å²) in [5, 5.41) is 0. The summed E-state index contributed by atoms with van der Waals surface area (Å²) >= 11 is 0. The van der Waals surface area contributed by atoms with Crippen LogP contribution in [-0.4, -0.2) is 40.2 Å². The maximum absolute atomic E-state index is 5.66. The van der Waals surface area contributed by atoms with Gasteiger partial charge in [0.15, 0.2) is 0 Å². The first kappa shape index (κ1) is 10.5. The lowest BCUT2D eigenvalue weighted by Gasteiger charge is -2.38. The second-order valence-corrected chi connectivity index (χ2v) is 4.57. The zero-order valence-corrected chi connectivity index (χ0v) is 9.31. The summed E-state index contributed by atoms with van der Waals surface area (Å²) in [6.45, 7) is 7.91. The molecule has 2 rings (SSSR count). The number of hydrogen-bond donors (Lipinski definition) is 0. The van der Waals surface area contributed by atoms with Crippen molar-refractivity contribution in [2.24, 2.45) is 0 Å². The molecule has 0 spiro atoms. The van der Waals surface area contributed by atoms with Crippen LogP contribution in [0.4, 0.5) is 0 Å². The first-order valence-corrected chi connectivity index (χ1v) is 5.26. The summed E-state index contributed by atoms with van der Waals surface area (Å²) < 4.78 is 5.66. The van der Waals surface area contributed by atoms with Crippen LogP contribution in [0.15, 0.2) is 18.7 Å². The van der Waals surface area contributed by atoms with E-state index >= 15 is 0 Å². The first-order valence-electron chi connectivity index (χ1n) is 5.26. The Balaban J connectivity index is 1.95. The van der Waals surface area contributed by atoms with Crippen LogP contribution in [0.1, 0.15) is 19.4 Å². The summed E-state index contributed by atoms with van der Waals surface area (Å²) in [6.07, 6.45) is 5.30. The van der Waals surface area contributed by atoms with Gasteiger partial charge in [-0.15, -0.1) is 0 Å². The molecule has 1 aromatic heterocycles. The number of morpholine rings is 1. The van der Waals surface area contributed by atoms with E-state index in [1.807, 2.05) is 12.4 Å². The second kappa shape index (κ2) is 4.24. The van der Waals surface area contributed by atoms with E-state index in [-0.39, 0.29) is 5.60 Å². The van der Waals surface area contributed by atoms with Gasteiger partial charge in [0.05, 0.1) is 12.2 Å². The Kier molecular flexibility index (Phi) is 2.98. The summed E-state index contributed by atoms with van der Waals surface area (Å²) in [5.74, 6) is 0. The highest BCUT2D eigenvalue weighted by Gasteiger charge is 2.26. The van der Waals surface area contributed by atoms with Crippen LogP contribution in [-0.2, 0) is 11.3 Å². The molecular formula is C11H17N3O. The van der Waals surface area contributed by atoms with E-state index in [0.29, 0.717) is 0 Å². The van der Waals surface area contributed by atoms with Crippen molar-refractivity contribution in [1.29, 1.82) is 0 Å². The van der Waals surface area contributed by atoms with Crippen LogP contribution in [0.5, 0.6) is 0 Å². The summed E-state index contributed by atoms with van der Waals surface area (Å²) in [5.41, 5.74) is 1.13. The molecule has 1 saturated heterocycles. The Morgan fingerprint density at radius 3 is 2.80 bits per heavy atom. The Labute approximate surface area is 90.3 Å². The van der Waals surface area contributed by atoms with E-state index < -0.39 is 0 Å². The van der Waals surface area contributed by atoms with E-state index in [4.69, 9.17) is 4.74 Å². The van der Waals surface area contributed by atoms with E-state index in [1.54, 1.807) is 6.33 Å². The fraction of sp³-hybridized carbons (Fsp3) is 0.636. The van der Waals surface area contributed by atoms with Gasteiger partial charge in [0.2, 0.25) is 0 Å². The predicted molar refractivity (Wildman–Crippen MR) is 57.3 cm³/mol. The van der Waals surface area contributed by atoms with Crippen LogP contribution in [0.2, 0.25) is 0 Å². The standard InChI is InChI=1S/C11H17N3O/c1-11(2)8-14(3-4-15-11)7-10-5-12-9-13-6-10/h5-6,9H,3-4,7-8H2,1-2H3. The third-order valence-electron chi connectivity index (χ3n) is 2.52. The number of rotatable bonds is 2. The van der Waals surface area contributed by atoms with Crippen molar-refractivity contribution >= 4 is 0 Å². The molecule has 0 saturated carbocycles. The summed E-state index contributed by atoms with van der Waals surface area (Å²) in [7, 11) is 0. The topological polar surface area (TPSA) is 38.2 Å². The molecule has 0 aliphatic carbocycles. The van der Waals surface area contributed by atoms with Gasteiger partial charge < -0.3 is 4.74 Å². The fourth-order valence-electron chi connectivity index (χ4n) is 1.92. The van der Waals surface area contributed by atoms with Crippen molar-refractivity contribution in [3.63, 3.8) is 0 Å². The van der Waals surface area contributed by atoms with Gasteiger partial charge in [-0.2, -0.15) is 0 Å². The number of ether oxygens (including phenoxy) is 1. The molecule has 0 bridgehead atoms. The zero-order chi connectivity index (χ0) is 10.7. The van der Waals surface area contributed by atoms with E-state index in [2.05, 4.69) is 28.7 Å². The van der Waals surface area contributed by atoms with Crippen molar-refractivity contribution in [2.75, 3.05) is 19.7 Å². The Morgan fingerprint density at radius 2 is 2.13 bits per heavy atom. The highest BCUT2D eigenvalue weighted by molar-refractivity contribution is 5.02. The molecule has 0 aromatic carbocycles. The molecule has 0 atom stereocenters. The molecule has 15 heavy (non-hydrogen) atoms. The number of aromatic nitrogens is 2. The quantitative estimate of drug-likeness (QED) is 0.727. The number of hydrogen-bond acceptors (Lipinski definition) is 4. The molecule has 0 radical (unpaired) electrons. The SMILES string of the molecule is CC1(C)CN(Cc2cncnc2)CCO1.